The molecule has 2 aromatic carbocycles. The van der Waals surface area contributed by atoms with E-state index in [-0.39, 0.29) is 0 Å². The molecule has 0 saturated carbocycles. The molecule has 0 aliphatic carbocycles. The fourth-order valence-corrected chi connectivity index (χ4v) is 2.76. The van der Waals surface area contributed by atoms with Crippen LogP contribution >= 0.6 is 0 Å². The highest BCUT2D eigenvalue weighted by molar-refractivity contribution is 5.98. The maximum Gasteiger partial charge on any atom is 0.417 e. The number of pyridine rings is 1. The lowest BCUT2D eigenvalue weighted by Crippen LogP contribution is -2.17. The van der Waals surface area contributed by atoms with E-state index in [2.05, 4.69) is 15.4 Å². The second kappa shape index (κ2) is 6.68. The van der Waals surface area contributed by atoms with Gasteiger partial charge in [-0.1, -0.05) is 36.4 Å². The van der Waals surface area contributed by atoms with Crippen molar-refractivity contribution in [3.8, 4) is 11.4 Å². The van der Waals surface area contributed by atoms with E-state index in [9.17, 15) is 4.79 Å². The van der Waals surface area contributed by atoms with Gasteiger partial charge in [0.15, 0.2) is 5.75 Å². The molecule has 0 radical (unpaired) electrons. The van der Waals surface area contributed by atoms with Crippen LogP contribution in [0.15, 0.2) is 73.1 Å². The lowest BCUT2D eigenvalue weighted by molar-refractivity contribution is 0.215. The number of carbonyl (C=O) groups is 1. The normalized spacial score (nSPS) is 10.7. The van der Waals surface area contributed by atoms with Crippen molar-refractivity contribution in [2.45, 2.75) is 6.92 Å². The summed E-state index contributed by atoms with van der Waals surface area (Å²) in [7, 11) is 0. The second-order valence-corrected chi connectivity index (χ2v) is 5.74. The first-order valence-electron chi connectivity index (χ1n) is 8.15. The monoisotopic (exact) mass is 344 g/mol. The molecule has 4 rings (SSSR count). The Balaban J connectivity index is 1.55. The molecule has 0 saturated heterocycles. The van der Waals surface area contributed by atoms with E-state index < -0.39 is 6.09 Å². The van der Waals surface area contributed by atoms with Crippen LogP contribution in [-0.2, 0) is 0 Å². The van der Waals surface area contributed by atoms with E-state index >= 15 is 0 Å². The van der Waals surface area contributed by atoms with Crippen LogP contribution in [0.1, 0.15) is 5.69 Å². The van der Waals surface area contributed by atoms with Crippen molar-refractivity contribution in [2.75, 3.05) is 5.32 Å². The summed E-state index contributed by atoms with van der Waals surface area (Å²) < 4.78 is 7.16. The Labute approximate surface area is 150 Å². The van der Waals surface area contributed by atoms with Gasteiger partial charge in [0, 0.05) is 11.6 Å². The van der Waals surface area contributed by atoms with Crippen LogP contribution in [-0.4, -0.2) is 20.9 Å². The van der Waals surface area contributed by atoms with Crippen molar-refractivity contribution >= 4 is 22.7 Å². The molecule has 128 valence electrons. The van der Waals surface area contributed by atoms with Gasteiger partial charge in [0.25, 0.3) is 0 Å². The molecule has 6 heteroatoms. The number of rotatable bonds is 3. The number of anilines is 1. The zero-order valence-electron chi connectivity index (χ0n) is 14.1. The van der Waals surface area contributed by atoms with Gasteiger partial charge in [0.1, 0.15) is 0 Å². The van der Waals surface area contributed by atoms with Gasteiger partial charge in [-0.3, -0.25) is 10.3 Å². The lowest BCUT2D eigenvalue weighted by Gasteiger charge is -2.09. The molecule has 0 bridgehead atoms. The summed E-state index contributed by atoms with van der Waals surface area (Å²) in [6.45, 7) is 1.85. The van der Waals surface area contributed by atoms with E-state index in [0.717, 1.165) is 16.8 Å². The van der Waals surface area contributed by atoms with Crippen LogP contribution in [0.5, 0.6) is 5.75 Å². The van der Waals surface area contributed by atoms with Crippen molar-refractivity contribution < 1.29 is 9.53 Å². The first kappa shape index (κ1) is 15.8. The van der Waals surface area contributed by atoms with Gasteiger partial charge >= 0.3 is 6.09 Å². The van der Waals surface area contributed by atoms with E-state index in [1.54, 1.807) is 16.9 Å². The minimum Gasteiger partial charge on any atom is -0.406 e. The van der Waals surface area contributed by atoms with Gasteiger partial charge < -0.3 is 4.74 Å². The number of carbonyl (C=O) groups excluding carboxylic acids is 1. The first-order valence-corrected chi connectivity index (χ1v) is 8.15. The Kier molecular flexibility index (Phi) is 4.07. The number of nitrogens with zero attached hydrogens (tertiary/aromatic N) is 3. The summed E-state index contributed by atoms with van der Waals surface area (Å²) in [5.74, 6) is 0.402. The highest BCUT2D eigenvalue weighted by Gasteiger charge is 2.14. The van der Waals surface area contributed by atoms with Crippen molar-refractivity contribution in [3.63, 3.8) is 0 Å². The van der Waals surface area contributed by atoms with Crippen LogP contribution in [0.2, 0.25) is 0 Å². The maximum absolute atomic E-state index is 12.3. The third kappa shape index (κ3) is 3.00. The number of benzene rings is 2. The Morgan fingerprint density at radius 1 is 1.04 bits per heavy atom. The number of amides is 1. The van der Waals surface area contributed by atoms with E-state index in [0.29, 0.717) is 17.0 Å². The topological polar surface area (TPSA) is 69.0 Å². The highest BCUT2D eigenvalue weighted by Crippen LogP contribution is 2.23. The van der Waals surface area contributed by atoms with Gasteiger partial charge in [-0.05, 0) is 31.2 Å². The molecule has 2 heterocycles. The lowest BCUT2D eigenvalue weighted by atomic mass is 10.2. The third-order valence-corrected chi connectivity index (χ3v) is 4.04. The molecule has 0 aliphatic rings. The Bertz CT molecular complexity index is 1070. The maximum atomic E-state index is 12.3. The SMILES string of the molecule is Cc1c(OC(=O)Nc2cccc3cccnc23)cnn1-c1ccccc1. The molecule has 0 aliphatic heterocycles. The Morgan fingerprint density at radius 3 is 2.69 bits per heavy atom. The van der Waals surface area contributed by atoms with E-state index in [4.69, 9.17) is 4.74 Å². The smallest absolute Gasteiger partial charge is 0.406 e. The number of para-hydroxylation sites is 2. The molecule has 1 amide bonds. The fourth-order valence-electron chi connectivity index (χ4n) is 2.76. The van der Waals surface area contributed by atoms with Gasteiger partial charge in [-0.15, -0.1) is 0 Å². The fraction of sp³-hybridized carbons (Fsp3) is 0.0500. The summed E-state index contributed by atoms with van der Waals surface area (Å²) in [5.41, 5.74) is 2.95. The Morgan fingerprint density at radius 2 is 1.85 bits per heavy atom. The quantitative estimate of drug-likeness (QED) is 0.600. The molecule has 1 N–H and O–H groups in total. The van der Waals surface area contributed by atoms with Crippen molar-refractivity contribution in [1.29, 1.82) is 0 Å². The molecule has 2 aromatic heterocycles. The number of hydrogen-bond donors (Lipinski definition) is 1. The largest absolute Gasteiger partial charge is 0.417 e. The number of ether oxygens (including phenoxy) is 1. The molecular weight excluding hydrogens is 328 g/mol. The molecule has 6 nitrogen and oxygen atoms in total. The molecular formula is C20H16N4O2. The summed E-state index contributed by atoms with van der Waals surface area (Å²) >= 11 is 0. The van der Waals surface area contributed by atoms with Crippen molar-refractivity contribution in [2.24, 2.45) is 0 Å². The Hall–Kier alpha value is -3.67. The first-order chi connectivity index (χ1) is 12.7. The van der Waals surface area contributed by atoms with Crippen molar-refractivity contribution in [3.05, 3.63) is 78.8 Å². The van der Waals surface area contributed by atoms with Gasteiger partial charge in [-0.2, -0.15) is 5.10 Å². The highest BCUT2D eigenvalue weighted by atomic mass is 16.6. The summed E-state index contributed by atoms with van der Waals surface area (Å²) in [6, 6.07) is 19.0. The van der Waals surface area contributed by atoms with E-state index in [1.807, 2.05) is 61.5 Å². The summed E-state index contributed by atoms with van der Waals surface area (Å²) in [5, 5.41) is 7.99. The number of fused-ring (bicyclic) bond motifs is 1. The second-order valence-electron chi connectivity index (χ2n) is 5.74. The predicted molar refractivity (Wildman–Crippen MR) is 99.7 cm³/mol. The molecule has 0 unspecified atom stereocenters. The van der Waals surface area contributed by atoms with Crippen LogP contribution in [0.4, 0.5) is 10.5 Å². The summed E-state index contributed by atoms with van der Waals surface area (Å²) in [4.78, 5) is 16.6. The average molecular weight is 344 g/mol. The third-order valence-electron chi connectivity index (χ3n) is 4.04. The number of aromatic nitrogens is 3. The van der Waals surface area contributed by atoms with Gasteiger partial charge in [0.2, 0.25) is 0 Å². The zero-order chi connectivity index (χ0) is 17.9. The van der Waals surface area contributed by atoms with Crippen LogP contribution in [0.25, 0.3) is 16.6 Å². The van der Waals surface area contributed by atoms with Crippen LogP contribution in [0.3, 0.4) is 0 Å². The van der Waals surface area contributed by atoms with Crippen LogP contribution in [0, 0.1) is 6.92 Å². The minimum atomic E-state index is -0.584. The number of hydrogen-bond acceptors (Lipinski definition) is 4. The zero-order valence-corrected chi connectivity index (χ0v) is 14.1. The molecule has 0 spiro atoms. The molecule has 0 fully saturated rings. The predicted octanol–water partition coefficient (Wildman–Crippen LogP) is 4.34. The minimum absolute atomic E-state index is 0.402. The standard InChI is InChI=1S/C20H16N4O2/c1-14-18(13-22-24(14)16-9-3-2-4-10-16)26-20(25)23-17-11-5-7-15-8-6-12-21-19(15)17/h2-13H,1H3,(H,23,25). The summed E-state index contributed by atoms with van der Waals surface area (Å²) in [6.07, 6.45) is 2.63. The van der Waals surface area contributed by atoms with Crippen LogP contribution < -0.4 is 10.1 Å². The molecule has 26 heavy (non-hydrogen) atoms. The average Bonchev–Trinajstić information content (AvgIpc) is 3.03. The molecule has 0 atom stereocenters. The van der Waals surface area contributed by atoms with Gasteiger partial charge in [-0.25, -0.2) is 9.48 Å². The van der Waals surface area contributed by atoms with Gasteiger partial charge in [0.05, 0.1) is 28.8 Å². The van der Waals surface area contributed by atoms with Crippen molar-refractivity contribution in [1.82, 2.24) is 14.8 Å². The number of nitrogens with one attached hydrogen (secondary N) is 1. The van der Waals surface area contributed by atoms with E-state index in [1.165, 1.54) is 6.20 Å². The molecule has 4 aromatic rings.